The van der Waals surface area contributed by atoms with E-state index in [9.17, 15) is 14.0 Å². The highest BCUT2D eigenvalue weighted by atomic mass is 19.1. The molecule has 0 fully saturated rings. The van der Waals surface area contributed by atoms with Crippen LogP contribution in [0.3, 0.4) is 0 Å². The SMILES string of the molecule is COC(=O)COc1cccc(/C(Nc2ccc(CN(C)C)cc2)=C2/C(=O)Nc3cc(F)ccc32)c1. The van der Waals surface area contributed by atoms with E-state index in [1.54, 1.807) is 24.3 Å². The molecule has 2 N–H and O–H groups in total. The number of anilines is 2. The number of fused-ring (bicyclic) bond motifs is 1. The fourth-order valence-electron chi connectivity index (χ4n) is 3.82. The van der Waals surface area contributed by atoms with Gasteiger partial charge in [-0.15, -0.1) is 0 Å². The molecule has 180 valence electrons. The molecule has 3 aromatic carbocycles. The van der Waals surface area contributed by atoms with Crippen molar-refractivity contribution in [2.75, 3.05) is 38.4 Å². The van der Waals surface area contributed by atoms with Crippen LogP contribution in [0.1, 0.15) is 16.7 Å². The van der Waals surface area contributed by atoms with E-state index < -0.39 is 11.8 Å². The average molecular weight is 476 g/mol. The molecule has 7 nitrogen and oxygen atoms in total. The third-order valence-corrected chi connectivity index (χ3v) is 5.41. The van der Waals surface area contributed by atoms with Crippen LogP contribution in [0.5, 0.6) is 5.75 Å². The fourth-order valence-corrected chi connectivity index (χ4v) is 3.82. The minimum atomic E-state index is -0.504. The number of hydrogen-bond donors (Lipinski definition) is 2. The summed E-state index contributed by atoms with van der Waals surface area (Å²) in [6, 6.07) is 19.1. The number of methoxy groups -OCH3 is 1. The molecule has 0 spiro atoms. The van der Waals surface area contributed by atoms with Gasteiger partial charge in [-0.3, -0.25) is 4.79 Å². The molecule has 0 aromatic heterocycles. The first-order valence-corrected chi connectivity index (χ1v) is 11.0. The summed E-state index contributed by atoms with van der Waals surface area (Å²) < 4.78 is 24.0. The smallest absolute Gasteiger partial charge is 0.343 e. The molecular weight excluding hydrogens is 449 g/mol. The van der Waals surface area contributed by atoms with E-state index >= 15 is 0 Å². The molecule has 1 heterocycles. The fraction of sp³-hybridized carbons (Fsp3) is 0.185. The Kier molecular flexibility index (Phi) is 7.12. The topological polar surface area (TPSA) is 79.9 Å². The maximum atomic E-state index is 13.8. The summed E-state index contributed by atoms with van der Waals surface area (Å²) in [6.45, 7) is 0.560. The standard InChI is InChI=1S/C27H26FN3O4/c1-31(2)15-17-7-10-20(11-8-17)29-26(18-5-4-6-21(13-18)35-16-24(32)34-3)25-22-12-9-19(28)14-23(22)30-27(25)33/h4-14,29H,15-16H2,1-3H3,(H,30,33)/b26-25-. The van der Waals surface area contributed by atoms with Crippen molar-refractivity contribution in [1.29, 1.82) is 0 Å². The Morgan fingerprint density at radius 1 is 1.06 bits per heavy atom. The molecule has 4 rings (SSSR count). The Hall–Kier alpha value is -4.17. The molecular formula is C27H26FN3O4. The largest absolute Gasteiger partial charge is 0.482 e. The van der Waals surface area contributed by atoms with Gasteiger partial charge in [0.25, 0.3) is 5.91 Å². The summed E-state index contributed by atoms with van der Waals surface area (Å²) >= 11 is 0. The number of carbonyl (C=O) groups excluding carboxylic acids is 2. The lowest BCUT2D eigenvalue weighted by atomic mass is 9.99. The molecule has 0 saturated carbocycles. The Morgan fingerprint density at radius 3 is 2.54 bits per heavy atom. The highest BCUT2D eigenvalue weighted by Gasteiger charge is 2.29. The van der Waals surface area contributed by atoms with Gasteiger partial charge in [0.1, 0.15) is 11.6 Å². The highest BCUT2D eigenvalue weighted by molar-refractivity contribution is 6.37. The van der Waals surface area contributed by atoms with Gasteiger partial charge in [-0.2, -0.15) is 0 Å². The Morgan fingerprint density at radius 2 is 1.83 bits per heavy atom. The zero-order valence-electron chi connectivity index (χ0n) is 19.7. The second-order valence-electron chi connectivity index (χ2n) is 8.35. The maximum Gasteiger partial charge on any atom is 0.343 e. The quantitative estimate of drug-likeness (QED) is 0.372. The van der Waals surface area contributed by atoms with Crippen LogP contribution in [0, 0.1) is 5.82 Å². The number of halogens is 1. The number of nitrogens with zero attached hydrogens (tertiary/aromatic N) is 1. The second-order valence-corrected chi connectivity index (χ2v) is 8.35. The van der Waals surface area contributed by atoms with Crippen LogP contribution in [0.15, 0.2) is 66.7 Å². The molecule has 35 heavy (non-hydrogen) atoms. The molecule has 0 saturated heterocycles. The zero-order valence-corrected chi connectivity index (χ0v) is 19.7. The van der Waals surface area contributed by atoms with Crippen molar-refractivity contribution in [3.63, 3.8) is 0 Å². The monoisotopic (exact) mass is 475 g/mol. The van der Waals surface area contributed by atoms with Crippen molar-refractivity contribution in [1.82, 2.24) is 4.90 Å². The van der Waals surface area contributed by atoms with Crippen LogP contribution >= 0.6 is 0 Å². The first kappa shape index (κ1) is 24.0. The third kappa shape index (κ3) is 5.67. The number of benzene rings is 3. The van der Waals surface area contributed by atoms with Crippen molar-refractivity contribution in [2.24, 2.45) is 0 Å². The van der Waals surface area contributed by atoms with Gasteiger partial charge < -0.3 is 25.0 Å². The van der Waals surface area contributed by atoms with Crippen LogP contribution in [-0.2, 0) is 20.9 Å². The first-order chi connectivity index (χ1) is 16.8. The molecule has 0 unspecified atom stereocenters. The van der Waals surface area contributed by atoms with Crippen molar-refractivity contribution in [3.8, 4) is 5.75 Å². The van der Waals surface area contributed by atoms with Crippen molar-refractivity contribution >= 4 is 34.5 Å². The van der Waals surface area contributed by atoms with Gasteiger partial charge in [0, 0.05) is 23.4 Å². The van der Waals surface area contributed by atoms with Crippen LogP contribution in [0.4, 0.5) is 15.8 Å². The molecule has 0 atom stereocenters. The van der Waals surface area contributed by atoms with Gasteiger partial charge in [-0.1, -0.05) is 24.3 Å². The number of esters is 1. The van der Waals surface area contributed by atoms with E-state index in [-0.39, 0.29) is 12.5 Å². The van der Waals surface area contributed by atoms with E-state index in [1.807, 2.05) is 44.4 Å². The summed E-state index contributed by atoms with van der Waals surface area (Å²) in [6.07, 6.45) is 0. The van der Waals surface area contributed by atoms with Gasteiger partial charge in [0.15, 0.2) is 6.61 Å². The molecule has 1 aliphatic heterocycles. The molecule has 8 heteroatoms. The molecule has 0 aliphatic carbocycles. The normalized spacial score (nSPS) is 13.8. The van der Waals surface area contributed by atoms with Crippen molar-refractivity contribution < 1.29 is 23.5 Å². The minimum Gasteiger partial charge on any atom is -0.482 e. The van der Waals surface area contributed by atoms with E-state index in [2.05, 4.69) is 20.3 Å². The second kappa shape index (κ2) is 10.4. The van der Waals surface area contributed by atoms with Crippen LogP contribution in [0.25, 0.3) is 11.3 Å². The number of ether oxygens (including phenoxy) is 2. The van der Waals surface area contributed by atoms with Crippen LogP contribution in [-0.4, -0.2) is 44.6 Å². The molecule has 1 amide bonds. The summed E-state index contributed by atoms with van der Waals surface area (Å²) in [7, 11) is 5.29. The molecule has 0 bridgehead atoms. The van der Waals surface area contributed by atoms with Gasteiger partial charge in [-0.25, -0.2) is 9.18 Å². The number of amides is 1. The Balaban J connectivity index is 1.76. The van der Waals surface area contributed by atoms with Crippen LogP contribution < -0.4 is 15.4 Å². The first-order valence-electron chi connectivity index (χ1n) is 11.0. The molecule has 3 aromatic rings. The Labute approximate surface area is 203 Å². The maximum absolute atomic E-state index is 13.8. The summed E-state index contributed by atoms with van der Waals surface area (Å²) in [5, 5.41) is 6.11. The number of nitrogens with one attached hydrogen (secondary N) is 2. The van der Waals surface area contributed by atoms with Crippen LogP contribution in [0.2, 0.25) is 0 Å². The van der Waals surface area contributed by atoms with Gasteiger partial charge >= 0.3 is 5.97 Å². The highest BCUT2D eigenvalue weighted by Crippen LogP contribution is 2.38. The van der Waals surface area contributed by atoms with E-state index in [0.717, 1.165) is 17.8 Å². The van der Waals surface area contributed by atoms with E-state index in [1.165, 1.54) is 19.2 Å². The summed E-state index contributed by atoms with van der Waals surface area (Å²) in [5.41, 5.74) is 4.48. The van der Waals surface area contributed by atoms with Gasteiger partial charge in [-0.05, 0) is 62.1 Å². The molecule has 1 aliphatic rings. The Bertz CT molecular complexity index is 1290. The number of hydrogen-bond acceptors (Lipinski definition) is 6. The van der Waals surface area contributed by atoms with Gasteiger partial charge in [0.2, 0.25) is 0 Å². The third-order valence-electron chi connectivity index (χ3n) is 5.41. The summed E-state index contributed by atoms with van der Waals surface area (Å²) in [5.74, 6) is -0.851. The lowest BCUT2D eigenvalue weighted by molar-refractivity contribution is -0.142. The average Bonchev–Trinajstić information content (AvgIpc) is 3.16. The van der Waals surface area contributed by atoms with Crippen molar-refractivity contribution in [2.45, 2.75) is 6.54 Å². The predicted octanol–water partition coefficient (Wildman–Crippen LogP) is 4.37. The number of rotatable bonds is 8. The zero-order chi connectivity index (χ0) is 24.9. The van der Waals surface area contributed by atoms with E-state index in [0.29, 0.717) is 33.8 Å². The van der Waals surface area contributed by atoms with Gasteiger partial charge in [0.05, 0.1) is 24.1 Å². The van der Waals surface area contributed by atoms with Crippen molar-refractivity contribution in [3.05, 3.63) is 89.2 Å². The lowest BCUT2D eigenvalue weighted by Crippen LogP contribution is -2.13. The lowest BCUT2D eigenvalue weighted by Gasteiger charge is -2.17. The minimum absolute atomic E-state index is 0.241. The molecule has 0 radical (unpaired) electrons. The summed E-state index contributed by atoms with van der Waals surface area (Å²) in [4.78, 5) is 26.6. The number of carbonyl (C=O) groups is 2. The predicted molar refractivity (Wildman–Crippen MR) is 133 cm³/mol. The van der Waals surface area contributed by atoms with E-state index in [4.69, 9.17) is 4.74 Å².